The van der Waals surface area contributed by atoms with Crippen LogP contribution in [0.2, 0.25) is 5.02 Å². The second-order valence-corrected chi connectivity index (χ2v) is 4.02. The smallest absolute Gasteiger partial charge is 0.125 e. The molecule has 0 bridgehead atoms. The monoisotopic (exact) mass is 239 g/mol. The molecule has 0 fully saturated rings. The molecule has 0 amide bonds. The van der Waals surface area contributed by atoms with E-state index in [0.717, 1.165) is 11.3 Å². The van der Waals surface area contributed by atoms with E-state index in [1.54, 1.807) is 10.9 Å². The van der Waals surface area contributed by atoms with Crippen LogP contribution in [0.5, 0.6) is 0 Å². The van der Waals surface area contributed by atoms with Crippen molar-refractivity contribution >= 4 is 17.3 Å². The molecule has 0 aliphatic heterocycles. The lowest BCUT2D eigenvalue weighted by atomic mass is 10.0. The number of anilines is 1. The lowest BCUT2D eigenvalue weighted by molar-refractivity contribution is 0.628. The number of rotatable bonds is 1. The fourth-order valence-corrected chi connectivity index (χ4v) is 1.78. The maximum atomic E-state index is 13.3. The Labute approximate surface area is 97.6 Å². The van der Waals surface area contributed by atoms with Crippen molar-refractivity contribution in [1.29, 1.82) is 0 Å². The van der Waals surface area contributed by atoms with E-state index >= 15 is 0 Å². The molecule has 0 unspecified atom stereocenters. The predicted octanol–water partition coefficient (Wildman–Crippen LogP) is 2.77. The van der Waals surface area contributed by atoms with Gasteiger partial charge in [-0.05, 0) is 19.1 Å². The molecule has 0 aliphatic carbocycles. The van der Waals surface area contributed by atoms with Gasteiger partial charge in [0.05, 0.1) is 16.9 Å². The summed E-state index contributed by atoms with van der Waals surface area (Å²) in [6.45, 7) is 1.89. The Balaban J connectivity index is 2.69. The van der Waals surface area contributed by atoms with E-state index in [-0.39, 0.29) is 5.02 Å². The standard InChI is InChI=1S/C11H11ClFN3/c1-6-9(5-15-16(6)2)8-3-7(13)4-10(12)11(8)14/h3-5H,14H2,1-2H3. The van der Waals surface area contributed by atoms with Gasteiger partial charge in [-0.2, -0.15) is 5.10 Å². The van der Waals surface area contributed by atoms with Gasteiger partial charge >= 0.3 is 0 Å². The number of hydrogen-bond acceptors (Lipinski definition) is 2. The SMILES string of the molecule is Cc1c(-c2cc(F)cc(Cl)c2N)cnn1C. The van der Waals surface area contributed by atoms with Crippen LogP contribution in [0.4, 0.5) is 10.1 Å². The van der Waals surface area contributed by atoms with Crippen molar-refractivity contribution < 1.29 is 4.39 Å². The molecule has 5 heteroatoms. The predicted molar refractivity (Wildman–Crippen MR) is 62.8 cm³/mol. The Kier molecular flexibility index (Phi) is 2.59. The third-order valence-corrected chi connectivity index (χ3v) is 2.93. The molecule has 0 radical (unpaired) electrons. The summed E-state index contributed by atoms with van der Waals surface area (Å²) in [6.07, 6.45) is 1.65. The molecule has 0 aliphatic rings. The van der Waals surface area contributed by atoms with Crippen LogP contribution in [0.15, 0.2) is 18.3 Å². The molecule has 0 atom stereocenters. The van der Waals surface area contributed by atoms with Crippen molar-refractivity contribution in [2.24, 2.45) is 7.05 Å². The van der Waals surface area contributed by atoms with Crippen molar-refractivity contribution in [2.75, 3.05) is 5.73 Å². The van der Waals surface area contributed by atoms with E-state index < -0.39 is 5.82 Å². The summed E-state index contributed by atoms with van der Waals surface area (Å²) in [6, 6.07) is 2.57. The maximum absolute atomic E-state index is 13.3. The Morgan fingerprint density at radius 1 is 1.38 bits per heavy atom. The average Bonchev–Trinajstić information content (AvgIpc) is 2.54. The second kappa shape index (κ2) is 3.79. The van der Waals surface area contributed by atoms with Gasteiger partial charge in [0, 0.05) is 23.9 Å². The number of halogens is 2. The first-order valence-corrected chi connectivity index (χ1v) is 5.12. The summed E-state index contributed by atoms with van der Waals surface area (Å²) in [5.41, 5.74) is 8.48. The molecule has 2 N–H and O–H groups in total. The fourth-order valence-electron chi connectivity index (χ4n) is 1.57. The van der Waals surface area contributed by atoms with Gasteiger partial charge in [0.25, 0.3) is 0 Å². The zero-order chi connectivity index (χ0) is 11.9. The van der Waals surface area contributed by atoms with Crippen LogP contribution >= 0.6 is 11.6 Å². The molecule has 1 aromatic carbocycles. The summed E-state index contributed by atoms with van der Waals surface area (Å²) >= 11 is 5.84. The van der Waals surface area contributed by atoms with E-state index in [1.807, 2.05) is 14.0 Å². The average molecular weight is 240 g/mol. The zero-order valence-electron chi connectivity index (χ0n) is 8.96. The summed E-state index contributed by atoms with van der Waals surface area (Å²) in [4.78, 5) is 0. The summed E-state index contributed by atoms with van der Waals surface area (Å²) < 4.78 is 15.0. The van der Waals surface area contributed by atoms with Crippen molar-refractivity contribution in [3.05, 3.63) is 34.9 Å². The van der Waals surface area contributed by atoms with Gasteiger partial charge < -0.3 is 5.73 Å². The molecule has 1 aromatic heterocycles. The quantitative estimate of drug-likeness (QED) is 0.778. The molecule has 0 saturated heterocycles. The largest absolute Gasteiger partial charge is 0.397 e. The molecule has 0 saturated carbocycles. The Morgan fingerprint density at radius 2 is 2.06 bits per heavy atom. The Hall–Kier alpha value is -1.55. The Morgan fingerprint density at radius 3 is 2.62 bits per heavy atom. The number of aryl methyl sites for hydroxylation is 1. The van der Waals surface area contributed by atoms with Crippen molar-refractivity contribution in [2.45, 2.75) is 6.92 Å². The lowest BCUT2D eigenvalue weighted by Gasteiger charge is -2.07. The number of nitrogens with two attached hydrogens (primary N) is 1. The molecule has 3 nitrogen and oxygen atoms in total. The lowest BCUT2D eigenvalue weighted by Crippen LogP contribution is -1.96. The number of aromatic nitrogens is 2. The van der Waals surface area contributed by atoms with Gasteiger partial charge in [-0.25, -0.2) is 4.39 Å². The maximum Gasteiger partial charge on any atom is 0.125 e. The molecule has 0 spiro atoms. The van der Waals surface area contributed by atoms with Crippen LogP contribution in [0.1, 0.15) is 5.69 Å². The Bertz CT molecular complexity index is 548. The van der Waals surface area contributed by atoms with Gasteiger partial charge in [-0.1, -0.05) is 11.6 Å². The van der Waals surface area contributed by atoms with Crippen molar-refractivity contribution in [3.8, 4) is 11.1 Å². The topological polar surface area (TPSA) is 43.8 Å². The highest BCUT2D eigenvalue weighted by Crippen LogP contribution is 2.33. The van der Waals surface area contributed by atoms with Crippen LogP contribution in [0.3, 0.4) is 0 Å². The zero-order valence-corrected chi connectivity index (χ0v) is 9.72. The van der Waals surface area contributed by atoms with Crippen molar-refractivity contribution in [1.82, 2.24) is 9.78 Å². The molecule has 2 aromatic rings. The van der Waals surface area contributed by atoms with Gasteiger partial charge in [-0.15, -0.1) is 0 Å². The minimum Gasteiger partial charge on any atom is -0.397 e. The van der Waals surface area contributed by atoms with E-state index in [0.29, 0.717) is 11.3 Å². The molecular weight excluding hydrogens is 229 g/mol. The summed E-state index contributed by atoms with van der Waals surface area (Å²) in [5.74, 6) is -0.405. The molecular formula is C11H11ClFN3. The van der Waals surface area contributed by atoms with E-state index in [9.17, 15) is 4.39 Å². The first kappa shape index (κ1) is 11.0. The van der Waals surface area contributed by atoms with E-state index in [4.69, 9.17) is 17.3 Å². The number of benzene rings is 1. The molecule has 84 valence electrons. The van der Waals surface area contributed by atoms with Crippen LogP contribution in [0, 0.1) is 12.7 Å². The highest BCUT2D eigenvalue weighted by molar-refractivity contribution is 6.33. The first-order valence-electron chi connectivity index (χ1n) is 4.74. The van der Waals surface area contributed by atoms with Crippen LogP contribution < -0.4 is 5.73 Å². The van der Waals surface area contributed by atoms with Gasteiger partial charge in [0.15, 0.2) is 0 Å². The van der Waals surface area contributed by atoms with Crippen molar-refractivity contribution in [3.63, 3.8) is 0 Å². The minimum absolute atomic E-state index is 0.221. The third kappa shape index (κ3) is 1.65. The van der Waals surface area contributed by atoms with Crippen LogP contribution in [-0.4, -0.2) is 9.78 Å². The van der Waals surface area contributed by atoms with Gasteiger partial charge in [0.2, 0.25) is 0 Å². The molecule has 16 heavy (non-hydrogen) atoms. The van der Waals surface area contributed by atoms with Gasteiger partial charge in [-0.3, -0.25) is 4.68 Å². The van der Waals surface area contributed by atoms with E-state index in [2.05, 4.69) is 5.10 Å². The number of nitrogens with zero attached hydrogens (tertiary/aromatic N) is 2. The third-order valence-electron chi connectivity index (χ3n) is 2.62. The summed E-state index contributed by atoms with van der Waals surface area (Å²) in [5, 5.41) is 4.31. The normalized spacial score (nSPS) is 10.8. The van der Waals surface area contributed by atoms with Gasteiger partial charge in [0.1, 0.15) is 5.82 Å². The number of hydrogen-bond donors (Lipinski definition) is 1. The number of nitrogen functional groups attached to an aromatic ring is 1. The summed E-state index contributed by atoms with van der Waals surface area (Å²) in [7, 11) is 1.82. The molecule has 2 rings (SSSR count). The van der Waals surface area contributed by atoms with Crippen LogP contribution in [-0.2, 0) is 7.05 Å². The second-order valence-electron chi connectivity index (χ2n) is 3.62. The highest BCUT2D eigenvalue weighted by atomic mass is 35.5. The molecule has 1 heterocycles. The fraction of sp³-hybridized carbons (Fsp3) is 0.182. The first-order chi connectivity index (χ1) is 7.50. The minimum atomic E-state index is -0.405. The van der Waals surface area contributed by atoms with Crippen LogP contribution in [0.25, 0.3) is 11.1 Å². The van der Waals surface area contributed by atoms with E-state index in [1.165, 1.54) is 12.1 Å². The highest BCUT2D eigenvalue weighted by Gasteiger charge is 2.13.